The largest absolute Gasteiger partial charge is 0.444 e. The van der Waals surface area contributed by atoms with E-state index in [9.17, 15) is 4.79 Å². The Kier molecular flexibility index (Phi) is 4.65. The predicted octanol–water partition coefficient (Wildman–Crippen LogP) is 3.19. The molecule has 0 radical (unpaired) electrons. The molecule has 1 unspecified atom stereocenters. The van der Waals surface area contributed by atoms with Crippen molar-refractivity contribution < 1.29 is 9.53 Å². The molecule has 1 amide bonds. The van der Waals surface area contributed by atoms with Crippen molar-refractivity contribution in [2.24, 2.45) is 5.92 Å². The third kappa shape index (κ3) is 4.53. The highest BCUT2D eigenvalue weighted by Gasteiger charge is 2.19. The molecular weight excluding hydrogens is 252 g/mol. The lowest BCUT2D eigenvalue weighted by atomic mass is 9.97. The van der Waals surface area contributed by atoms with Gasteiger partial charge < -0.3 is 10.1 Å². The molecule has 1 aromatic rings. The predicted molar refractivity (Wildman–Crippen MR) is 81.0 cm³/mol. The molecule has 0 bridgehead atoms. The molecule has 1 fully saturated rings. The van der Waals surface area contributed by atoms with Crippen molar-refractivity contribution in [3.8, 4) is 0 Å². The Morgan fingerprint density at radius 1 is 1.40 bits per heavy atom. The summed E-state index contributed by atoms with van der Waals surface area (Å²) in [5, 5.41) is 6.23. The zero-order valence-corrected chi connectivity index (χ0v) is 12.5. The maximum atomic E-state index is 11.9. The molecule has 0 spiro atoms. The molecule has 1 saturated heterocycles. The minimum Gasteiger partial charge on any atom is -0.444 e. The lowest BCUT2D eigenvalue weighted by Gasteiger charge is -2.21. The third-order valence-electron chi connectivity index (χ3n) is 3.32. The van der Waals surface area contributed by atoms with Crippen LogP contribution in [0.5, 0.6) is 0 Å². The van der Waals surface area contributed by atoms with Gasteiger partial charge in [0.25, 0.3) is 0 Å². The van der Waals surface area contributed by atoms with Gasteiger partial charge in [0.15, 0.2) is 0 Å². The summed E-state index contributed by atoms with van der Waals surface area (Å²) in [5.41, 5.74) is 1.55. The van der Waals surface area contributed by atoms with Gasteiger partial charge in [-0.2, -0.15) is 0 Å². The fourth-order valence-corrected chi connectivity index (χ4v) is 2.43. The average Bonchev–Trinajstić information content (AvgIpc) is 2.82. The van der Waals surface area contributed by atoms with E-state index in [0.29, 0.717) is 5.92 Å². The lowest BCUT2D eigenvalue weighted by Crippen LogP contribution is -2.27. The minimum atomic E-state index is -0.478. The van der Waals surface area contributed by atoms with E-state index >= 15 is 0 Å². The molecule has 1 aromatic carbocycles. The van der Waals surface area contributed by atoms with Crippen LogP contribution in [-0.4, -0.2) is 24.8 Å². The molecule has 4 heteroatoms. The quantitative estimate of drug-likeness (QED) is 0.891. The van der Waals surface area contributed by atoms with Crippen LogP contribution in [0.4, 0.5) is 10.5 Å². The van der Waals surface area contributed by atoms with Crippen LogP contribution in [0.25, 0.3) is 0 Å². The first kappa shape index (κ1) is 14.9. The van der Waals surface area contributed by atoms with Crippen LogP contribution in [0.1, 0.15) is 32.8 Å². The van der Waals surface area contributed by atoms with Crippen molar-refractivity contribution in [3.63, 3.8) is 0 Å². The number of carbonyl (C=O) groups excluding carboxylic acids is 1. The molecule has 0 aromatic heterocycles. The van der Waals surface area contributed by atoms with Gasteiger partial charge in [-0.05, 0) is 64.3 Å². The Labute approximate surface area is 120 Å². The summed E-state index contributed by atoms with van der Waals surface area (Å²) in [6.07, 6.45) is 1.79. The van der Waals surface area contributed by atoms with Crippen LogP contribution in [0.3, 0.4) is 0 Å². The van der Waals surface area contributed by atoms with Crippen molar-refractivity contribution in [2.45, 2.75) is 39.2 Å². The summed E-state index contributed by atoms with van der Waals surface area (Å²) in [6, 6.07) is 7.95. The average molecular weight is 276 g/mol. The molecular formula is C16H24N2O2. The highest BCUT2D eigenvalue weighted by atomic mass is 16.6. The molecule has 1 heterocycles. The van der Waals surface area contributed by atoms with Gasteiger partial charge in [0.1, 0.15) is 5.60 Å². The minimum absolute atomic E-state index is 0.394. The molecule has 0 aliphatic carbocycles. The Hall–Kier alpha value is -1.55. The van der Waals surface area contributed by atoms with Crippen LogP contribution in [0, 0.1) is 5.92 Å². The molecule has 20 heavy (non-hydrogen) atoms. The van der Waals surface area contributed by atoms with E-state index in [2.05, 4.69) is 16.7 Å². The first-order chi connectivity index (χ1) is 9.44. The summed E-state index contributed by atoms with van der Waals surface area (Å²) >= 11 is 0. The number of rotatable bonds is 3. The zero-order valence-electron chi connectivity index (χ0n) is 12.5. The van der Waals surface area contributed by atoms with E-state index in [4.69, 9.17) is 4.74 Å². The second-order valence-electron chi connectivity index (χ2n) is 6.35. The van der Waals surface area contributed by atoms with E-state index in [1.807, 2.05) is 39.0 Å². The highest BCUT2D eigenvalue weighted by molar-refractivity contribution is 5.85. The number of amides is 1. The smallest absolute Gasteiger partial charge is 0.412 e. The fraction of sp³-hybridized carbons (Fsp3) is 0.562. The summed E-state index contributed by atoms with van der Waals surface area (Å²) in [6.45, 7) is 7.74. The van der Waals surface area contributed by atoms with Crippen LogP contribution >= 0.6 is 0 Å². The number of benzene rings is 1. The van der Waals surface area contributed by atoms with Crippen LogP contribution in [-0.2, 0) is 11.2 Å². The van der Waals surface area contributed by atoms with Gasteiger partial charge in [0, 0.05) is 5.69 Å². The number of nitrogens with one attached hydrogen (secondary N) is 2. The van der Waals surface area contributed by atoms with Gasteiger partial charge >= 0.3 is 6.09 Å². The number of ether oxygens (including phenoxy) is 1. The first-order valence-electron chi connectivity index (χ1n) is 7.23. The van der Waals surface area contributed by atoms with Gasteiger partial charge in [-0.1, -0.05) is 18.2 Å². The third-order valence-corrected chi connectivity index (χ3v) is 3.32. The van der Waals surface area contributed by atoms with E-state index in [1.54, 1.807) is 0 Å². The monoisotopic (exact) mass is 276 g/mol. The second-order valence-corrected chi connectivity index (χ2v) is 6.35. The first-order valence-corrected chi connectivity index (χ1v) is 7.23. The van der Waals surface area contributed by atoms with Crippen molar-refractivity contribution in [2.75, 3.05) is 18.4 Å². The van der Waals surface area contributed by atoms with Crippen molar-refractivity contribution in [1.29, 1.82) is 0 Å². The van der Waals surface area contributed by atoms with Crippen molar-refractivity contribution in [3.05, 3.63) is 29.8 Å². The topological polar surface area (TPSA) is 50.4 Å². The Morgan fingerprint density at radius 3 is 2.80 bits per heavy atom. The van der Waals surface area contributed by atoms with Crippen LogP contribution in [0.2, 0.25) is 0 Å². The Morgan fingerprint density at radius 2 is 2.15 bits per heavy atom. The van der Waals surface area contributed by atoms with Gasteiger partial charge in [-0.15, -0.1) is 0 Å². The van der Waals surface area contributed by atoms with E-state index in [0.717, 1.165) is 25.2 Å². The van der Waals surface area contributed by atoms with Gasteiger partial charge in [-0.25, -0.2) is 4.79 Å². The zero-order chi connectivity index (χ0) is 14.6. The number of hydrogen-bond donors (Lipinski definition) is 2. The maximum absolute atomic E-state index is 11.9. The van der Waals surface area contributed by atoms with Crippen molar-refractivity contribution >= 4 is 11.8 Å². The van der Waals surface area contributed by atoms with Crippen LogP contribution < -0.4 is 10.6 Å². The molecule has 110 valence electrons. The van der Waals surface area contributed by atoms with E-state index in [-0.39, 0.29) is 0 Å². The summed E-state index contributed by atoms with van der Waals surface area (Å²) < 4.78 is 5.30. The molecule has 2 N–H and O–H groups in total. The number of anilines is 1. The lowest BCUT2D eigenvalue weighted by molar-refractivity contribution is 0.0635. The van der Waals surface area contributed by atoms with E-state index in [1.165, 1.54) is 12.0 Å². The normalized spacial score (nSPS) is 18.9. The number of carbonyl (C=O) groups is 1. The standard InChI is InChI=1S/C16H24N2O2/c1-16(2,3)20-15(19)18-14-7-5-4-6-13(14)10-12-8-9-17-11-12/h4-7,12,17H,8-11H2,1-3H3,(H,18,19). The Bertz CT molecular complexity index is 460. The molecule has 0 saturated carbocycles. The summed E-state index contributed by atoms with van der Waals surface area (Å²) in [4.78, 5) is 11.9. The van der Waals surface area contributed by atoms with Gasteiger partial charge in [0.2, 0.25) is 0 Å². The molecule has 1 aliphatic rings. The summed E-state index contributed by atoms with van der Waals surface area (Å²) in [5.74, 6) is 0.650. The second kappa shape index (κ2) is 6.27. The SMILES string of the molecule is CC(C)(C)OC(=O)Nc1ccccc1CC1CCNC1. The van der Waals surface area contributed by atoms with Gasteiger partial charge in [0.05, 0.1) is 0 Å². The molecule has 2 rings (SSSR count). The van der Waals surface area contributed by atoms with Crippen LogP contribution in [0.15, 0.2) is 24.3 Å². The fourth-order valence-electron chi connectivity index (χ4n) is 2.43. The van der Waals surface area contributed by atoms with E-state index < -0.39 is 11.7 Å². The summed E-state index contributed by atoms with van der Waals surface area (Å²) in [7, 11) is 0. The number of hydrogen-bond acceptors (Lipinski definition) is 3. The Balaban J connectivity index is 2.01. The molecule has 1 atom stereocenters. The molecule has 1 aliphatic heterocycles. The molecule has 4 nitrogen and oxygen atoms in total. The van der Waals surface area contributed by atoms with Gasteiger partial charge in [-0.3, -0.25) is 5.32 Å². The number of para-hydroxylation sites is 1. The highest BCUT2D eigenvalue weighted by Crippen LogP contribution is 2.22. The maximum Gasteiger partial charge on any atom is 0.412 e. The van der Waals surface area contributed by atoms with Crippen molar-refractivity contribution in [1.82, 2.24) is 5.32 Å².